The average molecular weight is 256 g/mol. The van der Waals surface area contributed by atoms with Crippen LogP contribution in [0.4, 0.5) is 0 Å². The smallest absolute Gasteiger partial charge is 0.323 e. The van der Waals surface area contributed by atoms with E-state index >= 15 is 0 Å². The number of hydrogen-bond acceptors (Lipinski definition) is 4. The van der Waals surface area contributed by atoms with Gasteiger partial charge in [0, 0.05) is 19.3 Å². The highest BCUT2D eigenvalue weighted by atomic mass is 16.5. The molecule has 1 aliphatic carbocycles. The number of aliphatic carboxylic acids is 1. The van der Waals surface area contributed by atoms with E-state index in [1.165, 1.54) is 0 Å². The number of nitrogens with one attached hydrogen (secondary N) is 2. The van der Waals surface area contributed by atoms with Gasteiger partial charge in [0.25, 0.3) is 0 Å². The van der Waals surface area contributed by atoms with Gasteiger partial charge in [-0.1, -0.05) is 0 Å². The highest BCUT2D eigenvalue weighted by Crippen LogP contribution is 2.31. The minimum atomic E-state index is -0.868. The Morgan fingerprint density at radius 1 is 1.28 bits per heavy atom. The number of carboxylic acids is 1. The quantitative estimate of drug-likeness (QED) is 0.638. The van der Waals surface area contributed by atoms with Crippen LogP contribution in [0.5, 0.6) is 0 Å². The van der Waals surface area contributed by atoms with E-state index in [0.717, 1.165) is 19.3 Å². The lowest BCUT2D eigenvalue weighted by Gasteiger charge is -2.38. The third-order valence-corrected chi connectivity index (χ3v) is 3.79. The molecule has 1 amide bonds. The predicted octanol–water partition coefficient (Wildman–Crippen LogP) is -0.121. The molecule has 0 spiro atoms. The van der Waals surface area contributed by atoms with Gasteiger partial charge in [0.05, 0.1) is 6.54 Å². The number of hydrogen-bond donors (Lipinski definition) is 3. The summed E-state index contributed by atoms with van der Waals surface area (Å²) in [5.74, 6) is -0.984. The van der Waals surface area contributed by atoms with Gasteiger partial charge in [-0.25, -0.2) is 0 Å². The van der Waals surface area contributed by atoms with Crippen LogP contribution in [0, 0.1) is 0 Å². The first-order chi connectivity index (χ1) is 8.62. The van der Waals surface area contributed by atoms with Gasteiger partial charge < -0.3 is 15.2 Å². The molecule has 0 radical (unpaired) electrons. The fraction of sp³-hybridized carbons (Fsp3) is 0.833. The number of rotatable bonds is 5. The lowest BCUT2D eigenvalue weighted by molar-refractivity contribution is -0.149. The summed E-state index contributed by atoms with van der Waals surface area (Å²) in [6.07, 6.45) is 3.77. The molecule has 1 aliphatic heterocycles. The molecule has 2 rings (SSSR count). The van der Waals surface area contributed by atoms with Crippen LogP contribution in [0.15, 0.2) is 0 Å². The molecule has 6 heteroatoms. The van der Waals surface area contributed by atoms with Crippen LogP contribution >= 0.6 is 0 Å². The predicted molar refractivity (Wildman–Crippen MR) is 64.2 cm³/mol. The molecule has 1 saturated heterocycles. The van der Waals surface area contributed by atoms with Crippen molar-refractivity contribution in [2.75, 3.05) is 19.8 Å². The highest BCUT2D eigenvalue weighted by Gasteiger charge is 2.44. The molecule has 3 N–H and O–H groups in total. The topological polar surface area (TPSA) is 87.7 Å². The number of amides is 1. The van der Waals surface area contributed by atoms with Gasteiger partial charge in [-0.05, 0) is 32.1 Å². The summed E-state index contributed by atoms with van der Waals surface area (Å²) < 4.78 is 5.21. The van der Waals surface area contributed by atoms with E-state index in [2.05, 4.69) is 10.6 Å². The second-order valence-electron chi connectivity index (χ2n) is 5.05. The molecular weight excluding hydrogens is 236 g/mol. The number of ether oxygens (including phenoxy) is 1. The molecule has 1 heterocycles. The Balaban J connectivity index is 1.72. The zero-order valence-electron chi connectivity index (χ0n) is 10.4. The van der Waals surface area contributed by atoms with Crippen molar-refractivity contribution in [2.24, 2.45) is 0 Å². The van der Waals surface area contributed by atoms with Gasteiger partial charge in [0.1, 0.15) is 5.54 Å². The van der Waals surface area contributed by atoms with E-state index in [9.17, 15) is 9.59 Å². The molecule has 102 valence electrons. The van der Waals surface area contributed by atoms with Gasteiger partial charge in [0.2, 0.25) is 5.91 Å². The van der Waals surface area contributed by atoms with E-state index in [1.807, 2.05) is 0 Å². The molecule has 6 nitrogen and oxygen atoms in total. The molecule has 0 bridgehead atoms. The molecule has 0 aromatic heterocycles. The summed E-state index contributed by atoms with van der Waals surface area (Å²) in [6.45, 7) is 1.43. The fourth-order valence-electron chi connectivity index (χ4n) is 2.37. The van der Waals surface area contributed by atoms with Gasteiger partial charge in [-0.2, -0.15) is 0 Å². The van der Waals surface area contributed by atoms with Gasteiger partial charge >= 0.3 is 5.97 Å². The first kappa shape index (κ1) is 13.3. The zero-order chi connectivity index (χ0) is 13.0. The molecule has 0 aromatic rings. The lowest BCUT2D eigenvalue weighted by atomic mass is 9.77. The Morgan fingerprint density at radius 3 is 2.44 bits per heavy atom. The highest BCUT2D eigenvalue weighted by molar-refractivity contribution is 5.83. The van der Waals surface area contributed by atoms with E-state index in [-0.39, 0.29) is 18.5 Å². The second kappa shape index (κ2) is 5.67. The van der Waals surface area contributed by atoms with Crippen molar-refractivity contribution in [1.29, 1.82) is 0 Å². The summed E-state index contributed by atoms with van der Waals surface area (Å²) in [7, 11) is 0. The van der Waals surface area contributed by atoms with Crippen LogP contribution in [0.2, 0.25) is 0 Å². The van der Waals surface area contributed by atoms with Crippen molar-refractivity contribution in [3.63, 3.8) is 0 Å². The summed E-state index contributed by atoms with van der Waals surface area (Å²) >= 11 is 0. The maximum atomic E-state index is 11.7. The van der Waals surface area contributed by atoms with Gasteiger partial charge in [-0.3, -0.25) is 14.9 Å². The number of carbonyl (C=O) groups is 2. The van der Waals surface area contributed by atoms with E-state index in [4.69, 9.17) is 9.84 Å². The summed E-state index contributed by atoms with van der Waals surface area (Å²) in [5, 5.41) is 14.9. The Bertz CT molecular complexity index is 322. The van der Waals surface area contributed by atoms with Crippen LogP contribution in [-0.2, 0) is 14.3 Å². The second-order valence-corrected chi connectivity index (χ2v) is 5.05. The van der Waals surface area contributed by atoms with Crippen molar-refractivity contribution in [2.45, 2.75) is 43.7 Å². The van der Waals surface area contributed by atoms with Crippen molar-refractivity contribution >= 4 is 11.9 Å². The van der Waals surface area contributed by atoms with E-state index < -0.39 is 11.5 Å². The van der Waals surface area contributed by atoms with Crippen LogP contribution in [0.1, 0.15) is 32.1 Å². The molecule has 0 unspecified atom stereocenters. The zero-order valence-corrected chi connectivity index (χ0v) is 10.4. The van der Waals surface area contributed by atoms with E-state index in [0.29, 0.717) is 26.1 Å². The molecular formula is C12H20N2O4. The monoisotopic (exact) mass is 256 g/mol. The van der Waals surface area contributed by atoms with Crippen molar-refractivity contribution in [3.05, 3.63) is 0 Å². The van der Waals surface area contributed by atoms with Crippen LogP contribution in [-0.4, -0.2) is 48.3 Å². The van der Waals surface area contributed by atoms with Gasteiger partial charge in [0.15, 0.2) is 0 Å². The summed E-state index contributed by atoms with van der Waals surface area (Å²) in [4.78, 5) is 22.8. The van der Waals surface area contributed by atoms with Crippen LogP contribution in [0.3, 0.4) is 0 Å². The van der Waals surface area contributed by atoms with Gasteiger partial charge in [-0.15, -0.1) is 0 Å². The SMILES string of the molecule is O=C(CNC1(C(=O)O)CCC1)NC1CCOCC1. The maximum Gasteiger partial charge on any atom is 0.323 e. The Hall–Kier alpha value is -1.14. The molecule has 1 saturated carbocycles. The first-order valence-corrected chi connectivity index (χ1v) is 6.48. The number of carboxylic acid groups (broad SMARTS) is 1. The van der Waals surface area contributed by atoms with Crippen molar-refractivity contribution in [1.82, 2.24) is 10.6 Å². The Kier molecular flexibility index (Phi) is 4.19. The molecule has 0 aromatic carbocycles. The molecule has 2 fully saturated rings. The minimum absolute atomic E-state index is 0.0731. The van der Waals surface area contributed by atoms with Crippen molar-refractivity contribution < 1.29 is 19.4 Å². The Labute approximate surface area is 106 Å². The van der Waals surface area contributed by atoms with Crippen LogP contribution < -0.4 is 10.6 Å². The number of carbonyl (C=O) groups excluding carboxylic acids is 1. The first-order valence-electron chi connectivity index (χ1n) is 6.48. The van der Waals surface area contributed by atoms with Crippen LogP contribution in [0.25, 0.3) is 0 Å². The average Bonchev–Trinajstić information content (AvgIpc) is 2.28. The molecule has 18 heavy (non-hydrogen) atoms. The Morgan fingerprint density at radius 2 is 1.94 bits per heavy atom. The summed E-state index contributed by atoms with van der Waals surface area (Å²) in [5.41, 5.74) is -0.868. The lowest BCUT2D eigenvalue weighted by Crippen LogP contribution is -2.59. The summed E-state index contributed by atoms with van der Waals surface area (Å²) in [6, 6.07) is 0.162. The largest absolute Gasteiger partial charge is 0.480 e. The standard InChI is InChI=1S/C12H20N2O4/c15-10(14-9-2-6-18-7-3-9)8-13-12(11(16)17)4-1-5-12/h9,13H,1-8H2,(H,14,15)(H,16,17). The fourth-order valence-corrected chi connectivity index (χ4v) is 2.37. The van der Waals surface area contributed by atoms with E-state index in [1.54, 1.807) is 0 Å². The third kappa shape index (κ3) is 3.00. The normalized spacial score (nSPS) is 23.1. The molecule has 2 aliphatic rings. The molecule has 0 atom stereocenters. The third-order valence-electron chi connectivity index (χ3n) is 3.79. The minimum Gasteiger partial charge on any atom is -0.480 e. The maximum absolute atomic E-state index is 11.7. The van der Waals surface area contributed by atoms with Crippen molar-refractivity contribution in [3.8, 4) is 0 Å².